The minimum atomic E-state index is -3.63. The zero-order valence-corrected chi connectivity index (χ0v) is 12.8. The van der Waals surface area contributed by atoms with Crippen molar-refractivity contribution in [2.24, 2.45) is 5.92 Å². The smallest absolute Gasteiger partial charge is 0.271 e. The SMILES string of the molecule is Cc1cc(F)c(Br)cc1NS(=O)(=O)NCC(C)C. The van der Waals surface area contributed by atoms with Crippen molar-refractivity contribution in [3.63, 3.8) is 0 Å². The molecule has 0 aliphatic heterocycles. The fraction of sp³-hybridized carbons (Fsp3) is 0.455. The largest absolute Gasteiger partial charge is 0.299 e. The first-order valence-corrected chi connectivity index (χ1v) is 7.72. The van der Waals surface area contributed by atoms with Gasteiger partial charge in [-0.25, -0.2) is 4.39 Å². The standard InChI is InChI=1S/C11H16BrFN2O2S/c1-7(2)6-14-18(16,17)15-11-5-9(12)10(13)4-8(11)3/h4-5,7,14-15H,6H2,1-3H3. The maximum atomic E-state index is 13.2. The fourth-order valence-electron chi connectivity index (χ4n) is 1.21. The molecule has 1 aromatic carbocycles. The van der Waals surface area contributed by atoms with Crippen molar-refractivity contribution in [2.45, 2.75) is 20.8 Å². The van der Waals surface area contributed by atoms with Crippen molar-refractivity contribution in [1.82, 2.24) is 4.72 Å². The highest BCUT2D eigenvalue weighted by atomic mass is 79.9. The second-order valence-electron chi connectivity index (χ2n) is 4.43. The molecule has 0 saturated carbocycles. The predicted octanol–water partition coefficient (Wildman–Crippen LogP) is 2.80. The van der Waals surface area contributed by atoms with Gasteiger partial charge >= 0.3 is 0 Å². The van der Waals surface area contributed by atoms with Crippen LogP contribution in [0.1, 0.15) is 19.4 Å². The van der Waals surface area contributed by atoms with Crippen molar-refractivity contribution < 1.29 is 12.8 Å². The van der Waals surface area contributed by atoms with Gasteiger partial charge in [-0.1, -0.05) is 13.8 Å². The Balaban J connectivity index is 2.87. The third-order valence-corrected chi connectivity index (χ3v) is 3.84. The minimum Gasteiger partial charge on any atom is -0.271 e. The molecule has 0 saturated heterocycles. The number of hydrogen-bond acceptors (Lipinski definition) is 2. The van der Waals surface area contributed by atoms with E-state index >= 15 is 0 Å². The second-order valence-corrected chi connectivity index (χ2v) is 6.78. The molecule has 4 nitrogen and oxygen atoms in total. The van der Waals surface area contributed by atoms with Crippen LogP contribution in [0.2, 0.25) is 0 Å². The van der Waals surface area contributed by atoms with Gasteiger partial charge in [0.2, 0.25) is 0 Å². The molecule has 0 aliphatic rings. The van der Waals surface area contributed by atoms with Crippen LogP contribution in [0.15, 0.2) is 16.6 Å². The third kappa shape index (κ3) is 4.55. The molecule has 18 heavy (non-hydrogen) atoms. The van der Waals surface area contributed by atoms with Crippen molar-refractivity contribution in [1.29, 1.82) is 0 Å². The van der Waals surface area contributed by atoms with E-state index in [0.29, 0.717) is 17.8 Å². The summed E-state index contributed by atoms with van der Waals surface area (Å²) < 4.78 is 41.7. The molecule has 1 rings (SSSR count). The number of nitrogens with one attached hydrogen (secondary N) is 2. The van der Waals surface area contributed by atoms with Gasteiger partial charge in [-0.15, -0.1) is 0 Å². The van der Waals surface area contributed by atoms with Gasteiger partial charge in [-0.2, -0.15) is 13.1 Å². The van der Waals surface area contributed by atoms with Crippen LogP contribution in [0.5, 0.6) is 0 Å². The Morgan fingerprint density at radius 3 is 2.56 bits per heavy atom. The summed E-state index contributed by atoms with van der Waals surface area (Å²) in [7, 11) is -3.63. The van der Waals surface area contributed by atoms with Crippen LogP contribution in [-0.4, -0.2) is 15.0 Å². The molecule has 2 N–H and O–H groups in total. The van der Waals surface area contributed by atoms with E-state index in [1.54, 1.807) is 6.92 Å². The lowest BCUT2D eigenvalue weighted by Crippen LogP contribution is -2.33. The van der Waals surface area contributed by atoms with E-state index in [4.69, 9.17) is 0 Å². The number of halogens is 2. The average molecular weight is 339 g/mol. The first-order chi connectivity index (χ1) is 8.21. The monoisotopic (exact) mass is 338 g/mol. The van der Waals surface area contributed by atoms with Crippen LogP contribution in [0.3, 0.4) is 0 Å². The Morgan fingerprint density at radius 1 is 1.39 bits per heavy atom. The lowest BCUT2D eigenvalue weighted by Gasteiger charge is -2.13. The van der Waals surface area contributed by atoms with Gasteiger partial charge < -0.3 is 0 Å². The molecule has 0 aromatic heterocycles. The molecule has 0 fully saturated rings. The van der Waals surface area contributed by atoms with Crippen LogP contribution < -0.4 is 9.44 Å². The number of benzene rings is 1. The molecule has 1 aromatic rings. The summed E-state index contributed by atoms with van der Waals surface area (Å²) in [5.74, 6) is -0.215. The summed E-state index contributed by atoms with van der Waals surface area (Å²) in [6.07, 6.45) is 0. The first kappa shape index (κ1) is 15.4. The Hall–Kier alpha value is -0.660. The van der Waals surface area contributed by atoms with E-state index < -0.39 is 16.0 Å². The van der Waals surface area contributed by atoms with E-state index in [9.17, 15) is 12.8 Å². The van der Waals surface area contributed by atoms with E-state index in [1.165, 1.54) is 12.1 Å². The van der Waals surface area contributed by atoms with Gasteiger partial charge in [0, 0.05) is 6.54 Å². The van der Waals surface area contributed by atoms with Gasteiger partial charge in [0.25, 0.3) is 10.2 Å². The van der Waals surface area contributed by atoms with E-state index in [1.807, 2.05) is 13.8 Å². The van der Waals surface area contributed by atoms with Crippen LogP contribution in [0.25, 0.3) is 0 Å². The molecule has 0 amide bonds. The van der Waals surface area contributed by atoms with Gasteiger partial charge in [0.1, 0.15) is 5.82 Å². The Labute approximate surface area is 115 Å². The van der Waals surface area contributed by atoms with E-state index in [-0.39, 0.29) is 10.4 Å². The van der Waals surface area contributed by atoms with Crippen LogP contribution in [0.4, 0.5) is 10.1 Å². The zero-order chi connectivity index (χ0) is 13.9. The Kier molecular flexibility index (Phi) is 5.12. The van der Waals surface area contributed by atoms with Gasteiger partial charge in [0.15, 0.2) is 0 Å². The molecule has 0 unspecified atom stereocenters. The lowest BCUT2D eigenvalue weighted by molar-refractivity contribution is 0.564. The molecule has 0 aliphatic carbocycles. The lowest BCUT2D eigenvalue weighted by atomic mass is 10.2. The summed E-state index contributed by atoms with van der Waals surface area (Å²) in [4.78, 5) is 0. The highest BCUT2D eigenvalue weighted by molar-refractivity contribution is 9.10. The molecule has 0 radical (unpaired) electrons. The van der Waals surface area contributed by atoms with Crippen molar-refractivity contribution in [2.75, 3.05) is 11.3 Å². The Bertz CT molecular complexity index is 532. The summed E-state index contributed by atoms with van der Waals surface area (Å²) in [6.45, 7) is 5.79. The summed E-state index contributed by atoms with van der Waals surface area (Å²) >= 11 is 3.02. The first-order valence-electron chi connectivity index (χ1n) is 5.44. The topological polar surface area (TPSA) is 58.2 Å². The van der Waals surface area contributed by atoms with Crippen LogP contribution in [-0.2, 0) is 10.2 Å². The van der Waals surface area contributed by atoms with E-state index in [0.717, 1.165) is 0 Å². The highest BCUT2D eigenvalue weighted by Crippen LogP contribution is 2.24. The quantitative estimate of drug-likeness (QED) is 0.867. The predicted molar refractivity (Wildman–Crippen MR) is 74.2 cm³/mol. The van der Waals surface area contributed by atoms with Gasteiger partial charge in [0.05, 0.1) is 10.2 Å². The second kappa shape index (κ2) is 5.99. The minimum absolute atomic E-state index is 0.211. The summed E-state index contributed by atoms with van der Waals surface area (Å²) in [6, 6.07) is 2.67. The average Bonchev–Trinajstić information content (AvgIpc) is 2.23. The summed E-state index contributed by atoms with van der Waals surface area (Å²) in [5.41, 5.74) is 0.866. The normalized spacial score (nSPS) is 11.9. The molecule has 0 heterocycles. The van der Waals surface area contributed by atoms with Crippen molar-refractivity contribution >= 4 is 31.8 Å². The molecule has 0 bridgehead atoms. The van der Waals surface area contributed by atoms with E-state index in [2.05, 4.69) is 25.4 Å². The Morgan fingerprint density at radius 2 is 2.00 bits per heavy atom. The maximum Gasteiger partial charge on any atom is 0.299 e. The van der Waals surface area contributed by atoms with Gasteiger partial charge in [-0.3, -0.25) is 4.72 Å². The number of rotatable bonds is 5. The summed E-state index contributed by atoms with van der Waals surface area (Å²) in [5, 5.41) is 0. The van der Waals surface area contributed by atoms with Crippen molar-refractivity contribution in [3.05, 3.63) is 28.0 Å². The molecule has 0 atom stereocenters. The van der Waals surface area contributed by atoms with Crippen LogP contribution >= 0.6 is 15.9 Å². The molecular weight excluding hydrogens is 323 g/mol. The molecular formula is C11H16BrFN2O2S. The van der Waals surface area contributed by atoms with Crippen molar-refractivity contribution in [3.8, 4) is 0 Å². The van der Waals surface area contributed by atoms with Crippen LogP contribution in [0, 0.1) is 18.7 Å². The fourth-order valence-corrected chi connectivity index (χ4v) is 2.69. The molecule has 102 valence electrons. The molecule has 7 heteroatoms. The van der Waals surface area contributed by atoms with Gasteiger partial charge in [-0.05, 0) is 46.5 Å². The number of hydrogen-bond donors (Lipinski definition) is 2. The number of aryl methyl sites for hydroxylation is 1. The highest BCUT2D eigenvalue weighted by Gasteiger charge is 2.13. The maximum absolute atomic E-state index is 13.2. The third-order valence-electron chi connectivity index (χ3n) is 2.19. The zero-order valence-electron chi connectivity index (χ0n) is 10.4. The molecule has 0 spiro atoms. The number of anilines is 1.